The van der Waals surface area contributed by atoms with Crippen LogP contribution in [0.2, 0.25) is 0 Å². The zero-order chi connectivity index (χ0) is 15.9. The van der Waals surface area contributed by atoms with Gasteiger partial charge in [-0.15, -0.1) is 0 Å². The summed E-state index contributed by atoms with van der Waals surface area (Å²) < 4.78 is 0. The molecule has 3 rings (SSSR count). The molecule has 0 bridgehead atoms. The van der Waals surface area contributed by atoms with Crippen molar-refractivity contribution in [1.82, 2.24) is 20.3 Å². The number of fused-ring (bicyclic) bond motifs is 1. The molecule has 0 aliphatic heterocycles. The molecular formula is C19H24N4. The molecule has 4 heteroatoms. The van der Waals surface area contributed by atoms with Crippen molar-refractivity contribution >= 4 is 11.0 Å². The second-order valence-electron chi connectivity index (χ2n) is 5.97. The predicted octanol–water partition coefficient (Wildman–Crippen LogP) is 3.46. The second kappa shape index (κ2) is 7.88. The molecule has 0 unspecified atom stereocenters. The van der Waals surface area contributed by atoms with Gasteiger partial charge in [-0.1, -0.05) is 43.3 Å². The van der Waals surface area contributed by atoms with Crippen LogP contribution in [0.15, 0.2) is 48.5 Å². The summed E-state index contributed by atoms with van der Waals surface area (Å²) in [6, 6.07) is 17.1. The molecule has 0 atom stereocenters. The second-order valence-corrected chi connectivity index (χ2v) is 5.97. The van der Waals surface area contributed by atoms with Gasteiger partial charge in [-0.3, -0.25) is 0 Å². The Kier molecular flexibility index (Phi) is 5.37. The highest BCUT2D eigenvalue weighted by Crippen LogP contribution is 2.12. The van der Waals surface area contributed by atoms with Gasteiger partial charge in [-0.05, 0) is 49.1 Å². The molecule has 0 aliphatic rings. The smallest absolute Gasteiger partial charge is 0.113 e. The molecule has 2 aromatic carbocycles. The molecule has 0 saturated heterocycles. The van der Waals surface area contributed by atoms with E-state index in [1.165, 1.54) is 17.5 Å². The SMILES string of the molecule is CCCN(CCc1ccccc1)CCc1ccc2n[nH]nc2c1. The van der Waals surface area contributed by atoms with Crippen molar-refractivity contribution in [2.45, 2.75) is 26.2 Å². The number of H-pyrrole nitrogens is 1. The highest BCUT2D eigenvalue weighted by atomic mass is 15.3. The summed E-state index contributed by atoms with van der Waals surface area (Å²) in [4.78, 5) is 2.56. The number of nitrogens with zero attached hydrogens (tertiary/aromatic N) is 3. The third-order valence-electron chi connectivity index (χ3n) is 4.20. The summed E-state index contributed by atoms with van der Waals surface area (Å²) in [6.07, 6.45) is 3.36. The van der Waals surface area contributed by atoms with Gasteiger partial charge in [0.15, 0.2) is 0 Å². The quantitative estimate of drug-likeness (QED) is 0.693. The molecule has 1 N–H and O–H groups in total. The van der Waals surface area contributed by atoms with Gasteiger partial charge in [0.05, 0.1) is 0 Å². The maximum atomic E-state index is 4.17. The molecular weight excluding hydrogens is 284 g/mol. The van der Waals surface area contributed by atoms with E-state index in [1.807, 2.05) is 6.07 Å². The lowest BCUT2D eigenvalue weighted by molar-refractivity contribution is 0.281. The van der Waals surface area contributed by atoms with Gasteiger partial charge in [-0.25, -0.2) is 0 Å². The van der Waals surface area contributed by atoms with Crippen molar-refractivity contribution in [2.24, 2.45) is 0 Å². The molecule has 4 nitrogen and oxygen atoms in total. The lowest BCUT2D eigenvalue weighted by Crippen LogP contribution is -2.29. The molecule has 0 spiro atoms. The van der Waals surface area contributed by atoms with Crippen LogP contribution in [0.5, 0.6) is 0 Å². The van der Waals surface area contributed by atoms with Crippen molar-refractivity contribution in [3.63, 3.8) is 0 Å². The highest BCUT2D eigenvalue weighted by Gasteiger charge is 2.06. The van der Waals surface area contributed by atoms with Gasteiger partial charge in [0, 0.05) is 13.1 Å². The fourth-order valence-electron chi connectivity index (χ4n) is 2.91. The minimum Gasteiger partial charge on any atom is -0.303 e. The topological polar surface area (TPSA) is 44.8 Å². The third-order valence-corrected chi connectivity index (χ3v) is 4.20. The van der Waals surface area contributed by atoms with Gasteiger partial charge >= 0.3 is 0 Å². The van der Waals surface area contributed by atoms with E-state index in [-0.39, 0.29) is 0 Å². The van der Waals surface area contributed by atoms with Crippen molar-refractivity contribution in [3.8, 4) is 0 Å². The molecule has 0 fully saturated rings. The van der Waals surface area contributed by atoms with Crippen LogP contribution in [0, 0.1) is 0 Å². The molecule has 120 valence electrons. The van der Waals surface area contributed by atoms with Crippen molar-refractivity contribution < 1.29 is 0 Å². The average molecular weight is 308 g/mol. The number of aromatic amines is 1. The fourth-order valence-corrected chi connectivity index (χ4v) is 2.91. The van der Waals surface area contributed by atoms with E-state index in [4.69, 9.17) is 0 Å². The maximum Gasteiger partial charge on any atom is 0.113 e. The Morgan fingerprint density at radius 1 is 0.826 bits per heavy atom. The van der Waals surface area contributed by atoms with Crippen LogP contribution in [0.1, 0.15) is 24.5 Å². The predicted molar refractivity (Wildman–Crippen MR) is 94.5 cm³/mol. The number of aromatic nitrogens is 3. The minimum atomic E-state index is 0.934. The van der Waals surface area contributed by atoms with E-state index >= 15 is 0 Å². The summed E-state index contributed by atoms with van der Waals surface area (Å²) in [5.41, 5.74) is 4.63. The van der Waals surface area contributed by atoms with Crippen LogP contribution in [0.3, 0.4) is 0 Å². The Balaban J connectivity index is 1.55. The number of benzene rings is 2. The summed E-state index contributed by atoms with van der Waals surface area (Å²) in [5.74, 6) is 0. The Bertz CT molecular complexity index is 720. The Morgan fingerprint density at radius 2 is 1.57 bits per heavy atom. The van der Waals surface area contributed by atoms with Crippen molar-refractivity contribution in [2.75, 3.05) is 19.6 Å². The summed E-state index contributed by atoms with van der Waals surface area (Å²) >= 11 is 0. The monoisotopic (exact) mass is 308 g/mol. The number of nitrogens with one attached hydrogen (secondary N) is 1. The van der Waals surface area contributed by atoms with Crippen LogP contribution < -0.4 is 0 Å². The van der Waals surface area contributed by atoms with Gasteiger partial charge in [0.1, 0.15) is 11.0 Å². The standard InChI is InChI=1S/C19H24N4/c1-2-12-23(13-10-16-6-4-3-5-7-16)14-11-17-8-9-18-19(15-17)21-22-20-18/h3-9,15H,2,10-14H2,1H3,(H,20,21,22). The highest BCUT2D eigenvalue weighted by molar-refractivity contribution is 5.74. The Labute approximate surface area is 137 Å². The molecule has 3 aromatic rings. The molecule has 0 radical (unpaired) electrons. The fraction of sp³-hybridized carbons (Fsp3) is 0.368. The zero-order valence-electron chi connectivity index (χ0n) is 13.7. The van der Waals surface area contributed by atoms with Crippen LogP contribution in [0.4, 0.5) is 0 Å². The molecule has 0 amide bonds. The average Bonchev–Trinajstić information content (AvgIpc) is 3.06. The Hall–Kier alpha value is -2.20. The van der Waals surface area contributed by atoms with E-state index in [2.05, 4.69) is 69.7 Å². The largest absolute Gasteiger partial charge is 0.303 e. The molecule has 23 heavy (non-hydrogen) atoms. The van der Waals surface area contributed by atoms with Gasteiger partial charge in [-0.2, -0.15) is 15.4 Å². The molecule has 0 aliphatic carbocycles. The van der Waals surface area contributed by atoms with E-state index in [1.54, 1.807) is 0 Å². The van der Waals surface area contributed by atoms with Crippen LogP contribution >= 0.6 is 0 Å². The third kappa shape index (κ3) is 4.39. The van der Waals surface area contributed by atoms with Crippen LogP contribution in [-0.4, -0.2) is 39.9 Å². The van der Waals surface area contributed by atoms with E-state index in [0.29, 0.717) is 0 Å². The molecule has 1 heterocycles. The zero-order valence-corrected chi connectivity index (χ0v) is 13.7. The van der Waals surface area contributed by atoms with E-state index in [9.17, 15) is 0 Å². The number of rotatable bonds is 8. The minimum absolute atomic E-state index is 0.934. The van der Waals surface area contributed by atoms with E-state index in [0.717, 1.165) is 43.5 Å². The first-order chi connectivity index (χ1) is 11.3. The lowest BCUT2D eigenvalue weighted by Gasteiger charge is -2.21. The molecule has 0 saturated carbocycles. The van der Waals surface area contributed by atoms with E-state index < -0.39 is 0 Å². The lowest BCUT2D eigenvalue weighted by atomic mass is 10.1. The summed E-state index contributed by atoms with van der Waals surface area (Å²) in [6.45, 7) is 5.60. The summed E-state index contributed by atoms with van der Waals surface area (Å²) in [5, 5.41) is 10.9. The van der Waals surface area contributed by atoms with Crippen molar-refractivity contribution in [3.05, 3.63) is 59.7 Å². The van der Waals surface area contributed by atoms with Crippen LogP contribution in [0.25, 0.3) is 11.0 Å². The number of hydrogen-bond acceptors (Lipinski definition) is 3. The molecule has 1 aromatic heterocycles. The Morgan fingerprint density at radius 3 is 2.35 bits per heavy atom. The van der Waals surface area contributed by atoms with Crippen molar-refractivity contribution in [1.29, 1.82) is 0 Å². The van der Waals surface area contributed by atoms with Gasteiger partial charge < -0.3 is 4.90 Å². The summed E-state index contributed by atoms with van der Waals surface area (Å²) in [7, 11) is 0. The first kappa shape index (κ1) is 15.7. The first-order valence-electron chi connectivity index (χ1n) is 8.41. The maximum absolute atomic E-state index is 4.17. The normalized spacial score (nSPS) is 11.4. The number of hydrogen-bond donors (Lipinski definition) is 1. The van der Waals surface area contributed by atoms with Gasteiger partial charge in [0.25, 0.3) is 0 Å². The van der Waals surface area contributed by atoms with Crippen LogP contribution in [-0.2, 0) is 12.8 Å². The van der Waals surface area contributed by atoms with Gasteiger partial charge in [0.2, 0.25) is 0 Å². The first-order valence-corrected chi connectivity index (χ1v) is 8.41.